The summed E-state index contributed by atoms with van der Waals surface area (Å²) in [5.41, 5.74) is 1.54. The number of amides is 1. The lowest BCUT2D eigenvalue weighted by molar-refractivity contribution is -0.150. The SMILES string of the molecule is CC(=O)Oc1ccccc1C(=O)O[C@H](C)[C@H](NC(=O)OCc1ccccc1)C(=O)On1nnc2ccccc21. The van der Waals surface area contributed by atoms with Gasteiger partial charge in [0.25, 0.3) is 0 Å². The van der Waals surface area contributed by atoms with E-state index >= 15 is 0 Å². The summed E-state index contributed by atoms with van der Waals surface area (Å²) >= 11 is 0. The number of aromatic nitrogens is 3. The van der Waals surface area contributed by atoms with E-state index < -0.39 is 36.1 Å². The number of alkyl carbamates (subject to hydrolysis) is 1. The number of ether oxygens (including phenoxy) is 3. The number of hydrogen-bond acceptors (Lipinski definition) is 10. The van der Waals surface area contributed by atoms with E-state index in [0.717, 1.165) is 10.4 Å². The highest BCUT2D eigenvalue weighted by atomic mass is 16.7. The normalized spacial score (nSPS) is 12.2. The third-order valence-corrected chi connectivity index (χ3v) is 5.36. The maximum atomic E-state index is 13.2. The molecule has 39 heavy (non-hydrogen) atoms. The Morgan fingerprint density at radius 2 is 1.62 bits per heavy atom. The number of carbonyl (C=O) groups is 4. The second-order valence-electron chi connectivity index (χ2n) is 8.25. The Hall–Kier alpha value is -5.26. The Balaban J connectivity index is 1.52. The predicted octanol–water partition coefficient (Wildman–Crippen LogP) is 2.85. The molecule has 3 aromatic carbocycles. The molecule has 1 amide bonds. The van der Waals surface area contributed by atoms with E-state index in [1.54, 1.807) is 60.7 Å². The standard InChI is InChI=1S/C27H24N4O8/c1-17(37-25(33)20-12-6-9-15-23(20)38-18(2)32)24(28-27(35)36-16-19-10-4-3-5-11-19)26(34)39-31-22-14-8-7-13-21(22)29-30-31/h3-15,17,24H,16H2,1-2H3,(H,28,35)/t17-,24+/m1/s1. The fourth-order valence-electron chi connectivity index (χ4n) is 3.50. The summed E-state index contributed by atoms with van der Waals surface area (Å²) in [5, 5.41) is 10.1. The number of carbonyl (C=O) groups excluding carboxylic acids is 4. The van der Waals surface area contributed by atoms with Crippen LogP contribution in [0, 0.1) is 0 Å². The molecule has 0 aliphatic rings. The molecule has 0 bridgehead atoms. The van der Waals surface area contributed by atoms with Gasteiger partial charge in [-0.25, -0.2) is 14.4 Å². The fraction of sp³-hybridized carbons (Fsp3) is 0.185. The molecule has 200 valence electrons. The number of esters is 2. The first kappa shape index (κ1) is 26.8. The van der Waals surface area contributed by atoms with Gasteiger partial charge in [0.15, 0.2) is 6.04 Å². The van der Waals surface area contributed by atoms with Crippen molar-refractivity contribution >= 4 is 35.0 Å². The Bertz CT molecular complexity index is 1490. The van der Waals surface area contributed by atoms with Crippen molar-refractivity contribution in [2.75, 3.05) is 0 Å². The van der Waals surface area contributed by atoms with Crippen molar-refractivity contribution < 1.29 is 38.2 Å². The Morgan fingerprint density at radius 3 is 2.38 bits per heavy atom. The molecule has 0 saturated carbocycles. The van der Waals surface area contributed by atoms with Crippen molar-refractivity contribution in [2.45, 2.75) is 32.6 Å². The van der Waals surface area contributed by atoms with Crippen LogP contribution in [0.3, 0.4) is 0 Å². The van der Waals surface area contributed by atoms with Crippen LogP contribution in [0.25, 0.3) is 11.0 Å². The average molecular weight is 533 g/mol. The summed E-state index contributed by atoms with van der Waals surface area (Å²) < 4.78 is 15.8. The Labute approximate surface area is 222 Å². The number of hydrogen-bond donors (Lipinski definition) is 1. The minimum absolute atomic E-state index is 0.0226. The Kier molecular flexibility index (Phi) is 8.46. The van der Waals surface area contributed by atoms with Gasteiger partial charge in [0.1, 0.15) is 35.1 Å². The number of para-hydroxylation sites is 2. The molecular weight excluding hydrogens is 508 g/mol. The summed E-state index contributed by atoms with van der Waals surface area (Å²) in [6, 6.07) is 20.1. The zero-order chi connectivity index (χ0) is 27.8. The summed E-state index contributed by atoms with van der Waals surface area (Å²) in [5.74, 6) is -2.56. The minimum atomic E-state index is -1.51. The van der Waals surface area contributed by atoms with Gasteiger partial charge < -0.3 is 24.4 Å². The van der Waals surface area contributed by atoms with Gasteiger partial charge >= 0.3 is 24.0 Å². The highest BCUT2D eigenvalue weighted by Gasteiger charge is 2.34. The molecule has 12 heteroatoms. The summed E-state index contributed by atoms with van der Waals surface area (Å²) in [4.78, 5) is 56.4. The number of benzene rings is 3. The van der Waals surface area contributed by atoms with Crippen LogP contribution >= 0.6 is 0 Å². The van der Waals surface area contributed by atoms with Crippen LogP contribution in [0.4, 0.5) is 4.79 Å². The van der Waals surface area contributed by atoms with E-state index in [-0.39, 0.29) is 17.9 Å². The first-order valence-corrected chi connectivity index (χ1v) is 11.8. The molecule has 2 atom stereocenters. The number of fused-ring (bicyclic) bond motifs is 1. The van der Waals surface area contributed by atoms with Crippen molar-refractivity contribution in [2.24, 2.45) is 0 Å². The third kappa shape index (κ3) is 6.95. The molecule has 0 spiro atoms. The van der Waals surface area contributed by atoms with Gasteiger partial charge in [-0.05, 0) is 42.0 Å². The van der Waals surface area contributed by atoms with E-state index in [4.69, 9.17) is 19.0 Å². The topological polar surface area (TPSA) is 148 Å². The van der Waals surface area contributed by atoms with Crippen LogP contribution in [0.2, 0.25) is 0 Å². The van der Waals surface area contributed by atoms with Crippen LogP contribution in [-0.2, 0) is 25.7 Å². The van der Waals surface area contributed by atoms with Crippen LogP contribution in [-0.4, -0.2) is 51.3 Å². The van der Waals surface area contributed by atoms with E-state index in [9.17, 15) is 19.2 Å². The van der Waals surface area contributed by atoms with E-state index in [2.05, 4.69) is 15.6 Å². The average Bonchev–Trinajstić information content (AvgIpc) is 3.33. The van der Waals surface area contributed by atoms with Crippen molar-refractivity contribution in [3.63, 3.8) is 0 Å². The Morgan fingerprint density at radius 1 is 0.923 bits per heavy atom. The van der Waals surface area contributed by atoms with Gasteiger partial charge in [-0.15, -0.1) is 5.10 Å². The van der Waals surface area contributed by atoms with E-state index in [0.29, 0.717) is 11.0 Å². The molecule has 0 radical (unpaired) electrons. The molecule has 1 heterocycles. The predicted molar refractivity (Wildman–Crippen MR) is 135 cm³/mol. The van der Waals surface area contributed by atoms with E-state index in [1.165, 1.54) is 26.0 Å². The van der Waals surface area contributed by atoms with Crippen LogP contribution in [0.15, 0.2) is 78.9 Å². The summed E-state index contributed by atoms with van der Waals surface area (Å²) in [7, 11) is 0. The van der Waals surface area contributed by atoms with Gasteiger partial charge in [0.05, 0.1) is 0 Å². The number of nitrogens with zero attached hydrogens (tertiary/aromatic N) is 3. The van der Waals surface area contributed by atoms with E-state index in [1.807, 2.05) is 6.07 Å². The van der Waals surface area contributed by atoms with Gasteiger partial charge in [0.2, 0.25) is 0 Å². The molecule has 1 N–H and O–H groups in total. The first-order valence-electron chi connectivity index (χ1n) is 11.8. The van der Waals surface area contributed by atoms with Gasteiger partial charge in [-0.3, -0.25) is 4.79 Å². The lowest BCUT2D eigenvalue weighted by Crippen LogP contribution is -2.52. The zero-order valence-corrected chi connectivity index (χ0v) is 21.0. The second kappa shape index (κ2) is 12.3. The molecule has 0 aliphatic heterocycles. The lowest BCUT2D eigenvalue weighted by Gasteiger charge is -2.23. The zero-order valence-electron chi connectivity index (χ0n) is 21.0. The number of rotatable bonds is 9. The summed E-state index contributed by atoms with van der Waals surface area (Å²) in [6.45, 7) is 2.51. The minimum Gasteiger partial charge on any atom is -0.456 e. The van der Waals surface area contributed by atoms with Crippen LogP contribution in [0.1, 0.15) is 29.8 Å². The molecular formula is C27H24N4O8. The molecule has 1 aromatic heterocycles. The van der Waals surface area contributed by atoms with Crippen molar-refractivity contribution in [3.05, 3.63) is 90.0 Å². The molecule has 0 aliphatic carbocycles. The van der Waals surface area contributed by atoms with Gasteiger partial charge in [-0.2, -0.15) is 0 Å². The first-order chi connectivity index (χ1) is 18.8. The van der Waals surface area contributed by atoms with Crippen LogP contribution < -0.4 is 14.9 Å². The second-order valence-corrected chi connectivity index (χ2v) is 8.25. The van der Waals surface area contributed by atoms with Crippen molar-refractivity contribution in [3.8, 4) is 5.75 Å². The van der Waals surface area contributed by atoms with Gasteiger partial charge in [-0.1, -0.05) is 59.4 Å². The van der Waals surface area contributed by atoms with Crippen molar-refractivity contribution in [1.82, 2.24) is 20.5 Å². The van der Waals surface area contributed by atoms with Gasteiger partial charge in [0, 0.05) is 6.92 Å². The quantitative estimate of drug-likeness (QED) is 0.194. The smallest absolute Gasteiger partial charge is 0.408 e. The monoisotopic (exact) mass is 532 g/mol. The fourth-order valence-corrected chi connectivity index (χ4v) is 3.50. The number of nitrogens with one attached hydrogen (secondary N) is 1. The highest BCUT2D eigenvalue weighted by molar-refractivity contribution is 5.94. The maximum Gasteiger partial charge on any atom is 0.408 e. The lowest BCUT2D eigenvalue weighted by atomic mass is 10.1. The molecule has 4 rings (SSSR count). The molecule has 12 nitrogen and oxygen atoms in total. The summed E-state index contributed by atoms with van der Waals surface area (Å²) in [6.07, 6.45) is -2.21. The maximum absolute atomic E-state index is 13.2. The third-order valence-electron chi connectivity index (χ3n) is 5.36. The van der Waals surface area contributed by atoms with Crippen molar-refractivity contribution in [1.29, 1.82) is 0 Å². The molecule has 0 fully saturated rings. The molecule has 4 aromatic rings. The largest absolute Gasteiger partial charge is 0.456 e. The highest BCUT2D eigenvalue weighted by Crippen LogP contribution is 2.20. The molecule has 0 saturated heterocycles. The molecule has 0 unspecified atom stereocenters. The van der Waals surface area contributed by atoms with Crippen LogP contribution in [0.5, 0.6) is 5.75 Å².